The van der Waals surface area contributed by atoms with Crippen LogP contribution in [0.5, 0.6) is 5.75 Å². The number of carboxylic acids is 1. The summed E-state index contributed by atoms with van der Waals surface area (Å²) in [6.45, 7) is 1.98. The maximum Gasteiger partial charge on any atom is 0.309 e. The molecule has 3 unspecified atom stereocenters. The highest BCUT2D eigenvalue weighted by atomic mass is 16.5. The second kappa shape index (κ2) is 9.20. The molecule has 2 aromatic rings. The number of aliphatic carboxylic acids is 1. The number of benzene rings is 2. The van der Waals surface area contributed by atoms with Crippen molar-refractivity contribution in [3.05, 3.63) is 65.7 Å². The van der Waals surface area contributed by atoms with E-state index in [9.17, 15) is 15.0 Å². The minimum atomic E-state index is -1.10. The third-order valence-corrected chi connectivity index (χ3v) is 4.18. The summed E-state index contributed by atoms with van der Waals surface area (Å²) in [6, 6.07) is 16.7. The quantitative estimate of drug-likeness (QED) is 0.731. The number of rotatable bonds is 9. The predicted octanol–water partition coefficient (Wildman–Crippen LogP) is 2.90. The molecule has 2 aromatic carbocycles. The molecule has 0 bridgehead atoms. The van der Waals surface area contributed by atoms with Crippen LogP contribution in [0.1, 0.15) is 18.1 Å². The van der Waals surface area contributed by atoms with Crippen LogP contribution in [-0.4, -0.2) is 35.5 Å². The Hall–Kier alpha value is -2.37. The third-order valence-electron chi connectivity index (χ3n) is 4.18. The van der Waals surface area contributed by atoms with Gasteiger partial charge in [0.2, 0.25) is 0 Å². The zero-order valence-electron chi connectivity index (χ0n) is 14.5. The van der Waals surface area contributed by atoms with E-state index in [-0.39, 0.29) is 6.42 Å². The summed E-state index contributed by atoms with van der Waals surface area (Å²) < 4.78 is 10.8. The van der Waals surface area contributed by atoms with Gasteiger partial charge in [-0.05, 0) is 36.6 Å². The number of carboxylic acid groups (broad SMARTS) is 1. The Bertz CT molecular complexity index is 654. The summed E-state index contributed by atoms with van der Waals surface area (Å²) >= 11 is 0. The van der Waals surface area contributed by atoms with Crippen LogP contribution in [0.25, 0.3) is 0 Å². The average Bonchev–Trinajstić information content (AvgIpc) is 2.64. The monoisotopic (exact) mass is 344 g/mol. The first-order chi connectivity index (χ1) is 12.0. The molecule has 134 valence electrons. The van der Waals surface area contributed by atoms with Crippen molar-refractivity contribution in [2.75, 3.05) is 7.11 Å². The summed E-state index contributed by atoms with van der Waals surface area (Å²) in [5.74, 6) is -1.20. The Labute approximate surface area is 147 Å². The van der Waals surface area contributed by atoms with Gasteiger partial charge in [-0.2, -0.15) is 0 Å². The van der Waals surface area contributed by atoms with Gasteiger partial charge in [0.15, 0.2) is 0 Å². The molecular weight excluding hydrogens is 320 g/mol. The van der Waals surface area contributed by atoms with Crippen molar-refractivity contribution in [1.82, 2.24) is 0 Å². The fourth-order valence-electron chi connectivity index (χ4n) is 2.60. The summed E-state index contributed by atoms with van der Waals surface area (Å²) in [7, 11) is 1.60. The molecule has 2 rings (SSSR count). The summed E-state index contributed by atoms with van der Waals surface area (Å²) in [6.07, 6.45) is -1.45. The van der Waals surface area contributed by atoms with Gasteiger partial charge in [0.05, 0.1) is 31.8 Å². The zero-order chi connectivity index (χ0) is 18.2. The van der Waals surface area contributed by atoms with E-state index < -0.39 is 24.1 Å². The van der Waals surface area contributed by atoms with Gasteiger partial charge in [0.25, 0.3) is 0 Å². The van der Waals surface area contributed by atoms with E-state index in [4.69, 9.17) is 9.47 Å². The highest BCUT2D eigenvalue weighted by molar-refractivity contribution is 5.71. The van der Waals surface area contributed by atoms with Gasteiger partial charge >= 0.3 is 5.97 Å². The molecule has 0 fully saturated rings. The van der Waals surface area contributed by atoms with E-state index in [1.807, 2.05) is 54.6 Å². The van der Waals surface area contributed by atoms with Crippen LogP contribution in [0, 0.1) is 5.92 Å². The fraction of sp³-hybridized carbons (Fsp3) is 0.350. The molecule has 0 radical (unpaired) electrons. The number of aliphatic hydroxyl groups excluding tert-OH is 1. The lowest BCUT2D eigenvalue weighted by Gasteiger charge is -2.25. The van der Waals surface area contributed by atoms with E-state index >= 15 is 0 Å². The van der Waals surface area contributed by atoms with Crippen LogP contribution in [0.3, 0.4) is 0 Å². The molecule has 0 aliphatic heterocycles. The van der Waals surface area contributed by atoms with E-state index in [1.165, 1.54) is 0 Å². The summed E-state index contributed by atoms with van der Waals surface area (Å²) in [4.78, 5) is 11.6. The first kappa shape index (κ1) is 19.0. The fourth-order valence-corrected chi connectivity index (χ4v) is 2.60. The lowest BCUT2D eigenvalue weighted by molar-refractivity contribution is -0.150. The van der Waals surface area contributed by atoms with Gasteiger partial charge in [-0.1, -0.05) is 42.5 Å². The highest BCUT2D eigenvalue weighted by Gasteiger charge is 2.31. The second-order valence-electron chi connectivity index (χ2n) is 5.99. The lowest BCUT2D eigenvalue weighted by atomic mass is 9.91. The molecule has 0 amide bonds. The van der Waals surface area contributed by atoms with Crippen molar-refractivity contribution in [2.45, 2.75) is 32.2 Å². The Balaban J connectivity index is 1.95. The highest BCUT2D eigenvalue weighted by Crippen LogP contribution is 2.19. The molecule has 5 nitrogen and oxygen atoms in total. The number of hydrogen-bond donors (Lipinski definition) is 2. The molecule has 0 saturated heterocycles. The standard InChI is InChI=1S/C20H24O5/c1-14(25-13-16-8-10-17(24-2)11-9-16)19(21)18(20(22)23)12-15-6-4-3-5-7-15/h3-11,14,18-19,21H,12-13H2,1-2H3,(H,22,23). The third kappa shape index (κ3) is 5.59. The van der Waals surface area contributed by atoms with Crippen LogP contribution >= 0.6 is 0 Å². The predicted molar refractivity (Wildman–Crippen MR) is 94.5 cm³/mol. The van der Waals surface area contributed by atoms with Crippen LogP contribution in [0.4, 0.5) is 0 Å². The number of carbonyl (C=O) groups is 1. The normalized spacial score (nSPS) is 14.5. The van der Waals surface area contributed by atoms with Crippen LogP contribution < -0.4 is 4.74 Å². The molecule has 0 aliphatic carbocycles. The first-order valence-electron chi connectivity index (χ1n) is 8.20. The SMILES string of the molecule is COc1ccc(COC(C)C(O)C(Cc2ccccc2)C(=O)O)cc1. The Kier molecular flexibility index (Phi) is 6.98. The van der Waals surface area contributed by atoms with Gasteiger partial charge in [-0.25, -0.2) is 0 Å². The average molecular weight is 344 g/mol. The summed E-state index contributed by atoms with van der Waals surface area (Å²) in [5, 5.41) is 19.9. The minimum Gasteiger partial charge on any atom is -0.497 e. The smallest absolute Gasteiger partial charge is 0.309 e. The summed E-state index contributed by atoms with van der Waals surface area (Å²) in [5.41, 5.74) is 1.80. The van der Waals surface area contributed by atoms with E-state index in [0.717, 1.165) is 16.9 Å². The van der Waals surface area contributed by atoms with Crippen molar-refractivity contribution in [3.8, 4) is 5.75 Å². The van der Waals surface area contributed by atoms with Gasteiger partial charge in [-0.15, -0.1) is 0 Å². The van der Waals surface area contributed by atoms with E-state index in [1.54, 1.807) is 14.0 Å². The Morgan fingerprint density at radius 3 is 2.24 bits per heavy atom. The minimum absolute atomic E-state index is 0.258. The molecule has 0 heterocycles. The number of aliphatic hydroxyl groups is 1. The molecule has 0 aliphatic rings. The first-order valence-corrected chi connectivity index (χ1v) is 8.20. The Morgan fingerprint density at radius 1 is 1.04 bits per heavy atom. The van der Waals surface area contributed by atoms with E-state index in [0.29, 0.717) is 6.61 Å². The van der Waals surface area contributed by atoms with Gasteiger partial charge < -0.3 is 19.7 Å². The molecule has 0 spiro atoms. The van der Waals surface area contributed by atoms with Gasteiger partial charge in [-0.3, -0.25) is 4.79 Å². The van der Waals surface area contributed by atoms with E-state index in [2.05, 4.69) is 0 Å². The van der Waals surface area contributed by atoms with Crippen LogP contribution in [-0.2, 0) is 22.6 Å². The van der Waals surface area contributed by atoms with Crippen molar-refractivity contribution in [2.24, 2.45) is 5.92 Å². The zero-order valence-corrected chi connectivity index (χ0v) is 14.5. The van der Waals surface area contributed by atoms with Gasteiger partial charge in [0, 0.05) is 0 Å². The topological polar surface area (TPSA) is 76.0 Å². The molecule has 0 aromatic heterocycles. The Morgan fingerprint density at radius 2 is 1.68 bits per heavy atom. The molecular formula is C20H24O5. The van der Waals surface area contributed by atoms with Crippen LogP contribution in [0.2, 0.25) is 0 Å². The van der Waals surface area contributed by atoms with Crippen molar-refractivity contribution >= 4 is 5.97 Å². The largest absolute Gasteiger partial charge is 0.497 e. The maximum atomic E-state index is 11.6. The molecule has 2 N–H and O–H groups in total. The number of ether oxygens (including phenoxy) is 2. The maximum absolute atomic E-state index is 11.6. The van der Waals surface area contributed by atoms with Gasteiger partial charge in [0.1, 0.15) is 5.75 Å². The number of hydrogen-bond acceptors (Lipinski definition) is 4. The van der Waals surface area contributed by atoms with Crippen molar-refractivity contribution < 1.29 is 24.5 Å². The van der Waals surface area contributed by atoms with Crippen LogP contribution in [0.15, 0.2) is 54.6 Å². The lowest BCUT2D eigenvalue weighted by Crippen LogP contribution is -2.39. The number of methoxy groups -OCH3 is 1. The molecule has 25 heavy (non-hydrogen) atoms. The second-order valence-corrected chi connectivity index (χ2v) is 5.99. The molecule has 3 atom stereocenters. The van der Waals surface area contributed by atoms with Crippen molar-refractivity contribution in [3.63, 3.8) is 0 Å². The molecule has 0 saturated carbocycles. The molecule has 5 heteroatoms. The van der Waals surface area contributed by atoms with Crippen molar-refractivity contribution in [1.29, 1.82) is 0 Å².